The number of nitrogens with zero attached hydrogens (tertiary/aromatic N) is 1. The van der Waals surface area contributed by atoms with Crippen molar-refractivity contribution in [2.75, 3.05) is 26.2 Å². The summed E-state index contributed by atoms with van der Waals surface area (Å²) in [6.45, 7) is 2.40. The van der Waals surface area contributed by atoms with E-state index in [0.717, 1.165) is 5.56 Å². The Morgan fingerprint density at radius 1 is 1.23 bits per heavy atom. The molecule has 6 nitrogen and oxygen atoms in total. The number of fused-ring (bicyclic) bond motifs is 1. The van der Waals surface area contributed by atoms with E-state index in [4.69, 9.17) is 5.11 Å². The van der Waals surface area contributed by atoms with Crippen LogP contribution in [0.4, 0.5) is 0 Å². The molecule has 1 aliphatic heterocycles. The van der Waals surface area contributed by atoms with E-state index in [1.807, 2.05) is 12.1 Å². The number of carbonyl (C=O) groups excluding carboxylic acids is 2. The summed E-state index contributed by atoms with van der Waals surface area (Å²) >= 11 is 0. The molecule has 3 N–H and O–H groups in total. The van der Waals surface area contributed by atoms with Gasteiger partial charge in [-0.3, -0.25) is 14.5 Å². The molecule has 0 spiro atoms. The molecule has 0 radical (unpaired) electrons. The lowest BCUT2D eigenvalue weighted by molar-refractivity contribution is -0.134. The topological polar surface area (TPSA) is 81.7 Å². The van der Waals surface area contributed by atoms with Crippen LogP contribution in [0.5, 0.6) is 0 Å². The van der Waals surface area contributed by atoms with Gasteiger partial charge in [0, 0.05) is 32.8 Å². The molecule has 0 aliphatic carbocycles. The molecule has 2 aromatic carbocycles. The van der Waals surface area contributed by atoms with Crippen molar-refractivity contribution >= 4 is 22.6 Å². The number of carbonyl (C=O) groups is 2. The largest absolute Gasteiger partial charge is 0.396 e. The average molecular weight is 355 g/mol. The third kappa shape index (κ3) is 4.59. The van der Waals surface area contributed by atoms with E-state index in [2.05, 4.69) is 45.9 Å². The van der Waals surface area contributed by atoms with Gasteiger partial charge in [0.1, 0.15) is 0 Å². The molecule has 6 heteroatoms. The Morgan fingerprint density at radius 2 is 2.04 bits per heavy atom. The molecule has 2 aromatic rings. The van der Waals surface area contributed by atoms with Crippen LogP contribution in [0.1, 0.15) is 18.4 Å². The van der Waals surface area contributed by atoms with E-state index in [0.29, 0.717) is 32.6 Å². The first-order valence-corrected chi connectivity index (χ1v) is 9.04. The molecule has 1 heterocycles. The Balaban J connectivity index is 1.68. The fourth-order valence-electron chi connectivity index (χ4n) is 3.30. The zero-order valence-corrected chi connectivity index (χ0v) is 14.8. The number of aliphatic hydroxyl groups is 1. The molecule has 26 heavy (non-hydrogen) atoms. The number of amides is 2. The van der Waals surface area contributed by atoms with Crippen LogP contribution in [0.25, 0.3) is 10.8 Å². The summed E-state index contributed by atoms with van der Waals surface area (Å²) in [6.07, 6.45) is 0.647. The highest BCUT2D eigenvalue weighted by molar-refractivity contribution is 5.89. The minimum absolute atomic E-state index is 0.0400. The van der Waals surface area contributed by atoms with Crippen LogP contribution >= 0.6 is 0 Å². The average Bonchev–Trinajstić information content (AvgIpc) is 2.65. The standard InChI is InChI=1S/C20H25N3O3/c24-11-3-8-21-19(25)13-18-20(26)22-9-10-23(18)14-15-6-7-16-4-1-2-5-17(16)12-15/h1-2,4-7,12,18,24H,3,8-11,13-14H2,(H,21,25)(H,22,26). The molecule has 0 aromatic heterocycles. The van der Waals surface area contributed by atoms with E-state index in [1.165, 1.54) is 10.8 Å². The number of hydrogen-bond acceptors (Lipinski definition) is 4. The van der Waals surface area contributed by atoms with Crippen molar-refractivity contribution in [1.29, 1.82) is 0 Å². The van der Waals surface area contributed by atoms with Crippen molar-refractivity contribution in [1.82, 2.24) is 15.5 Å². The monoisotopic (exact) mass is 355 g/mol. The minimum Gasteiger partial charge on any atom is -0.396 e. The third-order valence-corrected chi connectivity index (χ3v) is 4.68. The maximum atomic E-state index is 12.3. The van der Waals surface area contributed by atoms with Gasteiger partial charge in [0.2, 0.25) is 11.8 Å². The van der Waals surface area contributed by atoms with Gasteiger partial charge in [0.15, 0.2) is 0 Å². The summed E-state index contributed by atoms with van der Waals surface area (Å²) in [5.74, 6) is -0.265. The maximum absolute atomic E-state index is 12.3. The summed E-state index contributed by atoms with van der Waals surface area (Å²) < 4.78 is 0. The molecule has 1 fully saturated rings. The number of piperazine rings is 1. The number of benzene rings is 2. The zero-order chi connectivity index (χ0) is 18.4. The lowest BCUT2D eigenvalue weighted by Gasteiger charge is -2.34. The van der Waals surface area contributed by atoms with Crippen molar-refractivity contribution in [2.24, 2.45) is 0 Å². The number of nitrogens with one attached hydrogen (secondary N) is 2. The second-order valence-electron chi connectivity index (χ2n) is 6.59. The van der Waals surface area contributed by atoms with E-state index in [9.17, 15) is 9.59 Å². The van der Waals surface area contributed by atoms with Gasteiger partial charge in [-0.2, -0.15) is 0 Å². The van der Waals surface area contributed by atoms with Crippen LogP contribution in [0.3, 0.4) is 0 Å². The van der Waals surface area contributed by atoms with Crippen molar-refractivity contribution in [3.63, 3.8) is 0 Å². The minimum atomic E-state index is -0.468. The highest BCUT2D eigenvalue weighted by atomic mass is 16.3. The van der Waals surface area contributed by atoms with Crippen molar-refractivity contribution < 1.29 is 14.7 Å². The van der Waals surface area contributed by atoms with Gasteiger partial charge >= 0.3 is 0 Å². The fraction of sp³-hybridized carbons (Fsp3) is 0.400. The van der Waals surface area contributed by atoms with Crippen LogP contribution in [-0.2, 0) is 16.1 Å². The lowest BCUT2D eigenvalue weighted by atomic mass is 10.0. The normalized spacial score (nSPS) is 17.9. The Hall–Kier alpha value is -2.44. The Labute approximate surface area is 153 Å². The molecule has 0 bridgehead atoms. The summed E-state index contributed by atoms with van der Waals surface area (Å²) in [4.78, 5) is 26.5. The molecule has 1 unspecified atom stereocenters. The first kappa shape index (κ1) is 18.4. The molecule has 3 rings (SSSR count). The van der Waals surface area contributed by atoms with Crippen molar-refractivity contribution in [3.8, 4) is 0 Å². The Morgan fingerprint density at radius 3 is 2.85 bits per heavy atom. The molecule has 2 amide bonds. The van der Waals surface area contributed by atoms with E-state index < -0.39 is 6.04 Å². The van der Waals surface area contributed by atoms with E-state index in [-0.39, 0.29) is 24.8 Å². The van der Waals surface area contributed by atoms with Gasteiger partial charge < -0.3 is 15.7 Å². The Bertz CT molecular complexity index is 778. The summed E-state index contributed by atoms with van der Waals surface area (Å²) in [7, 11) is 0. The molecule has 1 saturated heterocycles. The van der Waals surface area contributed by atoms with Crippen molar-refractivity contribution in [3.05, 3.63) is 48.0 Å². The highest BCUT2D eigenvalue weighted by Gasteiger charge is 2.31. The second-order valence-corrected chi connectivity index (χ2v) is 6.59. The summed E-state index contributed by atoms with van der Waals surface area (Å²) in [5.41, 5.74) is 1.13. The second kappa shape index (κ2) is 8.78. The number of rotatable bonds is 7. The van der Waals surface area contributed by atoms with Gasteiger partial charge in [0.05, 0.1) is 12.5 Å². The SMILES string of the molecule is O=C(CC1C(=O)NCCN1Cc1ccc2ccccc2c1)NCCCO. The predicted octanol–water partition coefficient (Wildman–Crippen LogP) is 1.03. The first-order chi connectivity index (χ1) is 12.7. The summed E-state index contributed by atoms with van der Waals surface area (Å²) in [6, 6.07) is 14.0. The van der Waals surface area contributed by atoms with E-state index in [1.54, 1.807) is 0 Å². The molecular formula is C20H25N3O3. The molecule has 1 aliphatic rings. The zero-order valence-electron chi connectivity index (χ0n) is 14.8. The van der Waals surface area contributed by atoms with Gasteiger partial charge in [0.25, 0.3) is 0 Å². The third-order valence-electron chi connectivity index (χ3n) is 4.68. The maximum Gasteiger partial charge on any atom is 0.237 e. The van der Waals surface area contributed by atoms with Gasteiger partial charge in [-0.05, 0) is 28.8 Å². The van der Waals surface area contributed by atoms with Crippen molar-refractivity contribution in [2.45, 2.75) is 25.4 Å². The molecule has 1 atom stereocenters. The number of hydrogen-bond donors (Lipinski definition) is 3. The van der Waals surface area contributed by atoms with Crippen LogP contribution in [0.15, 0.2) is 42.5 Å². The molecule has 138 valence electrons. The van der Waals surface area contributed by atoms with Crippen LogP contribution < -0.4 is 10.6 Å². The number of aliphatic hydroxyl groups excluding tert-OH is 1. The van der Waals surface area contributed by atoms with Gasteiger partial charge in [-0.15, -0.1) is 0 Å². The summed E-state index contributed by atoms with van der Waals surface area (Å²) in [5, 5.41) is 16.8. The predicted molar refractivity (Wildman–Crippen MR) is 100 cm³/mol. The first-order valence-electron chi connectivity index (χ1n) is 9.04. The highest BCUT2D eigenvalue weighted by Crippen LogP contribution is 2.19. The van der Waals surface area contributed by atoms with Crippen LogP contribution in [0.2, 0.25) is 0 Å². The Kier molecular flexibility index (Phi) is 6.20. The molecular weight excluding hydrogens is 330 g/mol. The van der Waals surface area contributed by atoms with E-state index >= 15 is 0 Å². The smallest absolute Gasteiger partial charge is 0.237 e. The van der Waals surface area contributed by atoms with Crippen LogP contribution in [-0.4, -0.2) is 54.1 Å². The van der Waals surface area contributed by atoms with Gasteiger partial charge in [-0.1, -0.05) is 36.4 Å². The van der Waals surface area contributed by atoms with Gasteiger partial charge in [-0.25, -0.2) is 0 Å². The quantitative estimate of drug-likeness (QED) is 0.648. The fourth-order valence-corrected chi connectivity index (χ4v) is 3.30. The van der Waals surface area contributed by atoms with Crippen LogP contribution in [0, 0.1) is 0 Å². The molecule has 0 saturated carbocycles. The lowest BCUT2D eigenvalue weighted by Crippen LogP contribution is -2.56.